The smallest absolute Gasteiger partial charge is 0.416 e. The summed E-state index contributed by atoms with van der Waals surface area (Å²) >= 11 is 12.4. The van der Waals surface area contributed by atoms with Crippen LogP contribution in [0.25, 0.3) is 0 Å². The zero-order chi connectivity index (χ0) is 46.5. The minimum absolute atomic E-state index is 0.0246. The molecule has 0 unspecified atom stereocenters. The van der Waals surface area contributed by atoms with Crippen molar-refractivity contribution in [2.24, 2.45) is 0 Å². The largest absolute Gasteiger partial charge is 0.480 e. The summed E-state index contributed by atoms with van der Waals surface area (Å²) in [6.45, 7) is 2.25. The zero-order valence-electron chi connectivity index (χ0n) is 30.8. The lowest BCUT2D eigenvalue weighted by molar-refractivity contribution is -0.146. The van der Waals surface area contributed by atoms with Crippen LogP contribution in [0.4, 0.5) is 23.9 Å². The predicted molar refractivity (Wildman–Crippen MR) is 205 cm³/mol. The van der Waals surface area contributed by atoms with Gasteiger partial charge in [-0.1, -0.05) is 23.2 Å². The van der Waals surface area contributed by atoms with Gasteiger partial charge in [-0.05, 0) is 61.7 Å². The number of nitrogens with zero attached hydrogens (tertiary/aromatic N) is 3. The van der Waals surface area contributed by atoms with Gasteiger partial charge >= 0.3 is 49.7 Å². The number of methoxy groups -OCH3 is 1. The molecule has 2 amide bonds. The van der Waals surface area contributed by atoms with Gasteiger partial charge in [0.15, 0.2) is 6.10 Å². The Labute approximate surface area is 354 Å². The number of benzene rings is 2. The van der Waals surface area contributed by atoms with Gasteiger partial charge in [0.1, 0.15) is 27.1 Å². The molecule has 332 valence electrons. The molecule has 2 heterocycles. The highest BCUT2D eigenvalue weighted by atomic mass is 35.5. The highest BCUT2D eigenvalue weighted by molar-refractivity contribution is 7.90. The summed E-state index contributed by atoms with van der Waals surface area (Å²) in [7, 11) is -7.16. The second-order valence-corrected chi connectivity index (χ2v) is 16.1. The number of esters is 1. The molecule has 1 atom stereocenters. The quantitative estimate of drug-likeness (QED) is 0.0627. The fourth-order valence-corrected chi connectivity index (χ4v) is 6.75. The van der Waals surface area contributed by atoms with E-state index >= 15 is 0 Å². The van der Waals surface area contributed by atoms with Crippen molar-refractivity contribution in [3.63, 3.8) is 0 Å². The van der Waals surface area contributed by atoms with E-state index in [1.165, 1.54) is 31.5 Å². The summed E-state index contributed by atoms with van der Waals surface area (Å²) < 4.78 is 88.9. The Morgan fingerprint density at radius 1 is 0.967 bits per heavy atom. The van der Waals surface area contributed by atoms with Crippen LogP contribution in [0.2, 0.25) is 10.0 Å². The van der Waals surface area contributed by atoms with E-state index in [4.69, 9.17) is 62.5 Å². The summed E-state index contributed by atoms with van der Waals surface area (Å²) in [6, 6.07) is 6.19. The first-order valence-corrected chi connectivity index (χ1v) is 20.7. The lowest BCUT2D eigenvalue weighted by atomic mass is 10.2. The third kappa shape index (κ3) is 17.5. The van der Waals surface area contributed by atoms with Crippen LogP contribution in [0.1, 0.15) is 38.3 Å². The van der Waals surface area contributed by atoms with E-state index in [0.29, 0.717) is 6.07 Å². The summed E-state index contributed by atoms with van der Waals surface area (Å²) in [4.78, 5) is 82.2. The van der Waals surface area contributed by atoms with Crippen LogP contribution in [-0.4, -0.2) is 104 Å². The number of amides is 2. The van der Waals surface area contributed by atoms with Gasteiger partial charge in [-0.3, -0.25) is 20.0 Å². The maximum Gasteiger partial charge on any atom is 0.416 e. The van der Waals surface area contributed by atoms with E-state index in [0.717, 1.165) is 42.5 Å². The minimum atomic E-state index is -4.56. The number of carbonyl (C=O) groups excluding carboxylic acids is 2. The predicted octanol–water partition coefficient (Wildman–Crippen LogP) is 4.69. The van der Waals surface area contributed by atoms with Gasteiger partial charge in [0.25, 0.3) is 10.0 Å². The standard InChI is InChI=1S/C17H11Cl2F3O5.C11H11N5O6S2.C3H8NO5P/c1-8(15(23)24)26-16(25)11-7-10(3-4-12(11)18)27-14-5-2-9(6-13(14)19)17(20,21)22;1-5-12-9(15-11(13-5)22-2)14-10(19)16-24(20,21)6-3-4-23-7(6)8(17)18;5-3(6)1-4-2-10(7,8)9/h2-8H,1H3,(H,23,24);3-4H,1-2H3,(H,17,18)(H2,12,13,14,15,16,19);4H,1-2H2,(H,5,6)(H2,7,8,9)/t8-;;/m0../s1. The number of aromatic nitrogens is 3. The average molecular weight is 966 g/mol. The Hall–Kier alpha value is -5.67. The molecule has 0 aliphatic rings. The topological polar surface area (TPSA) is 340 Å². The number of anilines is 1. The highest BCUT2D eigenvalue weighted by Crippen LogP contribution is 2.37. The Kier molecular flexibility index (Phi) is 18.8. The van der Waals surface area contributed by atoms with Gasteiger partial charge in [-0.2, -0.15) is 28.1 Å². The first-order chi connectivity index (χ1) is 28.1. The van der Waals surface area contributed by atoms with Gasteiger partial charge in [0, 0.05) is 0 Å². The molecule has 0 aliphatic heterocycles. The number of aliphatic carboxylic acids is 2. The van der Waals surface area contributed by atoms with Crippen LogP contribution in [0.5, 0.6) is 17.5 Å². The van der Waals surface area contributed by atoms with Crippen LogP contribution in [0.3, 0.4) is 0 Å². The van der Waals surface area contributed by atoms with E-state index < -0.39 is 88.0 Å². The summed E-state index contributed by atoms with van der Waals surface area (Å²) in [5.74, 6) is -4.93. The van der Waals surface area contributed by atoms with Crippen molar-refractivity contribution in [3.05, 3.63) is 79.7 Å². The molecule has 0 fully saturated rings. The van der Waals surface area contributed by atoms with E-state index in [2.05, 4.69) is 25.6 Å². The zero-order valence-corrected chi connectivity index (χ0v) is 34.9. The lowest BCUT2D eigenvalue weighted by Gasteiger charge is -2.13. The molecule has 22 nitrogen and oxygen atoms in total. The number of hydrogen-bond donors (Lipinski definition) is 8. The van der Waals surface area contributed by atoms with Crippen LogP contribution in [-0.2, 0) is 35.1 Å². The van der Waals surface area contributed by atoms with Gasteiger partial charge in [-0.25, -0.2) is 32.3 Å². The second kappa shape index (κ2) is 22.3. The molecule has 2 aromatic carbocycles. The van der Waals surface area contributed by atoms with Crippen LogP contribution >= 0.6 is 42.1 Å². The normalized spacial score (nSPS) is 11.6. The molecule has 4 rings (SSSR count). The van der Waals surface area contributed by atoms with Crippen molar-refractivity contribution >= 4 is 88.0 Å². The number of carboxylic acid groups (broad SMARTS) is 3. The van der Waals surface area contributed by atoms with Gasteiger partial charge in [-0.15, -0.1) is 11.3 Å². The molecule has 0 radical (unpaired) electrons. The molecule has 2 aromatic heterocycles. The number of aryl methyl sites for hydroxylation is 1. The number of halogens is 5. The fraction of sp³-hybridized carbons (Fsp3) is 0.226. The van der Waals surface area contributed by atoms with E-state index in [9.17, 15) is 50.1 Å². The SMILES string of the molecule is COc1nc(C)nc(NC(=O)NS(=O)(=O)c2ccsc2C(=O)O)n1.C[C@H](OC(=O)c1cc(Oc2ccc(C(F)(F)F)cc2Cl)ccc1Cl)C(=O)O.O=C(O)CNCP(=O)(O)O. The second-order valence-electron chi connectivity index (χ2n) is 11.1. The maximum atomic E-state index is 12.7. The number of alkyl halides is 3. The number of aromatic carboxylic acids is 1. The van der Waals surface area contributed by atoms with Crippen LogP contribution in [0.15, 0.2) is 52.7 Å². The number of urea groups is 1. The van der Waals surface area contributed by atoms with E-state index in [1.807, 2.05) is 0 Å². The maximum absolute atomic E-state index is 12.7. The number of carbonyl (C=O) groups is 5. The number of sulfonamides is 1. The Morgan fingerprint density at radius 2 is 1.62 bits per heavy atom. The molecule has 0 saturated carbocycles. The molecule has 4 aromatic rings. The van der Waals surface area contributed by atoms with Gasteiger partial charge in [0.2, 0.25) is 5.95 Å². The lowest BCUT2D eigenvalue weighted by Crippen LogP contribution is -2.35. The Balaban J connectivity index is 0.000000346. The molecule has 0 bridgehead atoms. The van der Waals surface area contributed by atoms with Crippen LogP contribution < -0.4 is 24.8 Å². The molecule has 61 heavy (non-hydrogen) atoms. The third-order valence-corrected chi connectivity index (χ3v) is 10.0. The van der Waals surface area contributed by atoms with Gasteiger partial charge in [0.05, 0.1) is 41.1 Å². The monoisotopic (exact) mass is 964 g/mol. The molecular formula is C31H30Cl2F3N6O16PS2. The van der Waals surface area contributed by atoms with Crippen LogP contribution in [0, 0.1) is 6.92 Å². The minimum Gasteiger partial charge on any atom is -0.480 e. The fourth-order valence-electron chi connectivity index (χ4n) is 3.77. The Morgan fingerprint density at radius 3 is 2.16 bits per heavy atom. The van der Waals surface area contributed by atoms with Crippen molar-refractivity contribution in [1.29, 1.82) is 0 Å². The average Bonchev–Trinajstić information content (AvgIpc) is 3.64. The van der Waals surface area contributed by atoms with Crippen molar-refractivity contribution in [3.8, 4) is 17.5 Å². The highest BCUT2D eigenvalue weighted by Gasteiger charge is 2.31. The van der Waals surface area contributed by atoms with Crippen molar-refractivity contribution < 1.29 is 89.4 Å². The molecule has 30 heteroatoms. The van der Waals surface area contributed by atoms with Crippen molar-refractivity contribution in [2.45, 2.75) is 31.0 Å². The number of thiophene rings is 1. The number of rotatable bonds is 14. The first-order valence-electron chi connectivity index (χ1n) is 15.8. The number of carboxylic acids is 3. The number of hydrogen-bond acceptors (Lipinski definition) is 16. The molecule has 8 N–H and O–H groups in total. The Bertz CT molecular complexity index is 2420. The van der Waals surface area contributed by atoms with E-state index in [1.54, 1.807) is 4.72 Å². The summed E-state index contributed by atoms with van der Waals surface area (Å²) in [5.41, 5.74) is -1.12. The third-order valence-electron chi connectivity index (χ3n) is 6.34. The summed E-state index contributed by atoms with van der Waals surface area (Å²) in [6.07, 6.45) is -6.55. The number of nitrogens with one attached hydrogen (secondary N) is 3. The molecule has 0 spiro atoms. The van der Waals surface area contributed by atoms with Crippen molar-refractivity contribution in [1.82, 2.24) is 25.0 Å². The van der Waals surface area contributed by atoms with E-state index in [-0.39, 0.29) is 44.9 Å². The molecular weight excluding hydrogens is 935 g/mol. The first kappa shape index (κ1) is 51.5. The van der Waals surface area contributed by atoms with Crippen molar-refractivity contribution in [2.75, 3.05) is 25.3 Å². The van der Waals surface area contributed by atoms with Gasteiger partial charge < -0.3 is 39.3 Å². The molecule has 0 saturated heterocycles. The summed E-state index contributed by atoms with van der Waals surface area (Å²) in [5, 5.41) is 30.9. The number of ether oxygens (including phenoxy) is 3. The molecule has 0 aliphatic carbocycles.